The Morgan fingerprint density at radius 3 is 2.83 bits per heavy atom. The maximum Gasteiger partial charge on any atom is 0.223 e. The maximum absolute atomic E-state index is 14.8. The minimum absolute atomic E-state index is 0.0976. The van der Waals surface area contributed by atoms with Crippen molar-refractivity contribution < 1.29 is 14.3 Å². The highest BCUT2D eigenvalue weighted by Crippen LogP contribution is 2.56. The molecule has 3 atom stereocenters. The average Bonchev–Trinajstić information content (AvgIpc) is 3.12. The van der Waals surface area contributed by atoms with E-state index in [1.165, 1.54) is 6.20 Å². The van der Waals surface area contributed by atoms with E-state index in [4.69, 9.17) is 0 Å². The third-order valence-corrected chi connectivity index (χ3v) is 7.38. The molecule has 29 heavy (non-hydrogen) atoms. The van der Waals surface area contributed by atoms with Crippen LogP contribution in [-0.2, 0) is 11.4 Å². The van der Waals surface area contributed by atoms with Gasteiger partial charge in [-0.05, 0) is 49.5 Å². The fourth-order valence-corrected chi connectivity index (χ4v) is 6.27. The van der Waals surface area contributed by atoms with Crippen molar-refractivity contribution in [2.24, 2.45) is 11.3 Å². The summed E-state index contributed by atoms with van der Waals surface area (Å²) in [5.74, 6) is 0.0160. The molecule has 3 unspecified atom stereocenters. The van der Waals surface area contributed by atoms with E-state index in [1.807, 2.05) is 11.8 Å². The first-order valence-corrected chi connectivity index (χ1v) is 10.4. The van der Waals surface area contributed by atoms with Gasteiger partial charge in [0.15, 0.2) is 0 Å². The second-order valence-corrected chi connectivity index (χ2v) is 9.28. The molecular weight excluding hydrogens is 371 g/mol. The zero-order valence-electron chi connectivity index (χ0n) is 16.5. The lowest BCUT2D eigenvalue weighted by molar-refractivity contribution is -0.153. The summed E-state index contributed by atoms with van der Waals surface area (Å²) in [7, 11) is 0. The van der Waals surface area contributed by atoms with Crippen LogP contribution >= 0.6 is 0 Å². The number of nitrogens with one attached hydrogen (secondary N) is 1. The number of halogens is 1. The zero-order valence-corrected chi connectivity index (χ0v) is 16.5. The Bertz CT molecular complexity index is 1010. The number of carbonyl (C=O) groups excluding carboxylic acids is 1. The van der Waals surface area contributed by atoms with Crippen molar-refractivity contribution in [2.45, 2.75) is 70.1 Å². The van der Waals surface area contributed by atoms with Crippen LogP contribution in [-0.4, -0.2) is 38.0 Å². The normalized spacial score (nSPS) is 31.2. The quantitative estimate of drug-likeness (QED) is 0.829. The van der Waals surface area contributed by atoms with Crippen LogP contribution in [0.25, 0.3) is 11.0 Å². The molecule has 0 radical (unpaired) electrons. The van der Waals surface area contributed by atoms with E-state index in [9.17, 15) is 19.6 Å². The fraction of sp³-hybridized carbons (Fsp3) is 0.591. The third-order valence-electron chi connectivity index (χ3n) is 7.38. The van der Waals surface area contributed by atoms with E-state index >= 15 is 0 Å². The number of amides is 1. The van der Waals surface area contributed by atoms with Crippen LogP contribution < -0.4 is 0 Å². The number of aromatic amines is 1. The minimum Gasteiger partial charge on any atom is -0.392 e. The SMILES string of the molecule is CC(CC(=O)N1C2CC3CC1CC(C#N)(C3)C2)c1c[nH]c2ncc(CO)c(F)c12. The van der Waals surface area contributed by atoms with E-state index in [1.54, 1.807) is 6.20 Å². The Morgan fingerprint density at radius 1 is 1.45 bits per heavy atom. The zero-order chi connectivity index (χ0) is 20.3. The summed E-state index contributed by atoms with van der Waals surface area (Å²) >= 11 is 0. The van der Waals surface area contributed by atoms with Crippen molar-refractivity contribution in [1.29, 1.82) is 5.26 Å². The molecule has 2 aliphatic heterocycles. The molecule has 0 aromatic carbocycles. The molecule has 2 saturated heterocycles. The molecule has 4 fully saturated rings. The number of aliphatic hydroxyl groups excluding tert-OH is 1. The largest absolute Gasteiger partial charge is 0.392 e. The van der Waals surface area contributed by atoms with Crippen LogP contribution in [0.5, 0.6) is 0 Å². The Hall–Kier alpha value is -2.46. The van der Waals surface area contributed by atoms with Gasteiger partial charge in [0.25, 0.3) is 0 Å². The summed E-state index contributed by atoms with van der Waals surface area (Å²) < 4.78 is 14.8. The summed E-state index contributed by atoms with van der Waals surface area (Å²) in [6.45, 7) is 1.52. The molecule has 6 rings (SSSR count). The summed E-state index contributed by atoms with van der Waals surface area (Å²) in [5.41, 5.74) is 1.07. The van der Waals surface area contributed by atoms with Crippen molar-refractivity contribution in [3.05, 3.63) is 29.3 Å². The van der Waals surface area contributed by atoms with Crippen LogP contribution in [0.4, 0.5) is 4.39 Å². The highest BCUT2D eigenvalue weighted by atomic mass is 19.1. The number of rotatable bonds is 4. The second kappa shape index (κ2) is 6.53. The second-order valence-electron chi connectivity index (χ2n) is 9.28. The maximum atomic E-state index is 14.8. The van der Waals surface area contributed by atoms with Crippen LogP contribution in [0.2, 0.25) is 0 Å². The molecule has 2 saturated carbocycles. The molecule has 2 aliphatic carbocycles. The molecule has 7 heteroatoms. The molecule has 2 N–H and O–H groups in total. The average molecular weight is 396 g/mol. The third kappa shape index (κ3) is 2.77. The molecule has 152 valence electrons. The standard InChI is InChI=1S/C22H25FN4O2/c1-12(17-9-26-21-19(17)20(23)14(10-28)8-25-21)2-18(29)27-15-3-13-4-16(27)7-22(5-13,6-15)11-24/h8-9,12-13,15-16,28H,2-7,10H2,1H3,(H,25,26). The van der Waals surface area contributed by atoms with Crippen LogP contribution in [0.3, 0.4) is 0 Å². The minimum atomic E-state index is -0.473. The number of hydrogen-bond acceptors (Lipinski definition) is 4. The van der Waals surface area contributed by atoms with Gasteiger partial charge in [-0.2, -0.15) is 5.26 Å². The van der Waals surface area contributed by atoms with Crippen LogP contribution in [0, 0.1) is 28.5 Å². The van der Waals surface area contributed by atoms with E-state index in [-0.39, 0.29) is 34.9 Å². The first-order valence-electron chi connectivity index (χ1n) is 10.4. The first-order chi connectivity index (χ1) is 13.9. The lowest BCUT2D eigenvalue weighted by atomic mass is 9.56. The van der Waals surface area contributed by atoms with E-state index in [2.05, 4.69) is 16.0 Å². The van der Waals surface area contributed by atoms with Gasteiger partial charge in [0.05, 0.1) is 23.5 Å². The Labute approximate surface area is 168 Å². The van der Waals surface area contributed by atoms with E-state index in [0.29, 0.717) is 28.9 Å². The van der Waals surface area contributed by atoms with E-state index < -0.39 is 12.4 Å². The van der Waals surface area contributed by atoms with Crippen LogP contribution in [0.1, 0.15) is 62.5 Å². The summed E-state index contributed by atoms with van der Waals surface area (Å²) in [5, 5.41) is 19.4. The topological polar surface area (TPSA) is 93.0 Å². The number of H-pyrrole nitrogens is 1. The molecule has 4 heterocycles. The van der Waals surface area contributed by atoms with Crippen molar-refractivity contribution in [1.82, 2.24) is 14.9 Å². The molecule has 1 amide bonds. The van der Waals surface area contributed by atoms with Gasteiger partial charge in [-0.3, -0.25) is 4.79 Å². The molecule has 4 aliphatic rings. The number of aromatic nitrogens is 2. The molecule has 4 bridgehead atoms. The predicted molar refractivity (Wildman–Crippen MR) is 104 cm³/mol. The van der Waals surface area contributed by atoms with Crippen molar-refractivity contribution in [3.63, 3.8) is 0 Å². The van der Waals surface area contributed by atoms with E-state index in [0.717, 1.165) is 32.1 Å². The molecule has 2 aromatic heterocycles. The molecule has 0 spiro atoms. The lowest BCUT2D eigenvalue weighted by Gasteiger charge is -2.59. The summed E-state index contributed by atoms with van der Waals surface area (Å²) in [6.07, 6.45) is 7.94. The Morgan fingerprint density at radius 2 is 2.17 bits per heavy atom. The molecular formula is C22H25FN4O2. The van der Waals surface area contributed by atoms with Gasteiger partial charge in [-0.25, -0.2) is 9.37 Å². The number of nitrogens with zero attached hydrogens (tertiary/aromatic N) is 3. The van der Waals surface area contributed by atoms with Gasteiger partial charge < -0.3 is 15.0 Å². The number of hydrogen-bond donors (Lipinski definition) is 2. The van der Waals surface area contributed by atoms with Gasteiger partial charge in [0, 0.05) is 36.5 Å². The first kappa shape index (κ1) is 18.6. The Balaban J connectivity index is 1.38. The van der Waals surface area contributed by atoms with Crippen molar-refractivity contribution in [3.8, 4) is 6.07 Å². The van der Waals surface area contributed by atoms with Crippen LogP contribution in [0.15, 0.2) is 12.4 Å². The molecule has 2 aromatic rings. The fourth-order valence-electron chi connectivity index (χ4n) is 6.27. The lowest BCUT2D eigenvalue weighted by Crippen LogP contribution is -2.63. The van der Waals surface area contributed by atoms with Gasteiger partial charge in [-0.1, -0.05) is 6.92 Å². The Kier molecular flexibility index (Phi) is 4.18. The van der Waals surface area contributed by atoms with Gasteiger partial charge in [-0.15, -0.1) is 0 Å². The van der Waals surface area contributed by atoms with Crippen molar-refractivity contribution in [2.75, 3.05) is 0 Å². The number of piperidine rings is 2. The summed E-state index contributed by atoms with van der Waals surface area (Å²) in [4.78, 5) is 22.5. The number of nitriles is 1. The summed E-state index contributed by atoms with van der Waals surface area (Å²) in [6, 6.07) is 2.90. The molecule has 6 nitrogen and oxygen atoms in total. The smallest absolute Gasteiger partial charge is 0.223 e. The number of pyridine rings is 1. The van der Waals surface area contributed by atoms with Crippen molar-refractivity contribution >= 4 is 16.9 Å². The van der Waals surface area contributed by atoms with Gasteiger partial charge in [0.2, 0.25) is 5.91 Å². The number of aliphatic hydroxyl groups is 1. The monoisotopic (exact) mass is 396 g/mol. The number of fused-ring (bicyclic) bond motifs is 1. The predicted octanol–water partition coefficient (Wildman–Crippen LogP) is 3.37. The highest BCUT2D eigenvalue weighted by Gasteiger charge is 2.55. The van der Waals surface area contributed by atoms with Gasteiger partial charge in [0.1, 0.15) is 11.5 Å². The van der Waals surface area contributed by atoms with Gasteiger partial charge >= 0.3 is 0 Å². The number of carbonyl (C=O) groups is 1. The highest BCUT2D eigenvalue weighted by molar-refractivity contribution is 5.84.